The maximum atomic E-state index is 2.46. The molecule has 0 spiro atoms. The lowest BCUT2D eigenvalue weighted by Crippen LogP contribution is -2.16. The van der Waals surface area contributed by atoms with Gasteiger partial charge >= 0.3 is 0 Å². The highest BCUT2D eigenvalue weighted by Gasteiger charge is 2.35. The van der Waals surface area contributed by atoms with E-state index in [1.807, 2.05) is 0 Å². The molecule has 1 aliphatic carbocycles. The minimum absolute atomic E-state index is 0.102. The first kappa shape index (κ1) is 29.9. The van der Waals surface area contributed by atoms with Gasteiger partial charge < -0.3 is 4.90 Å². The van der Waals surface area contributed by atoms with Crippen LogP contribution >= 0.6 is 0 Å². The number of hydrogen-bond acceptors (Lipinski definition) is 1. The van der Waals surface area contributed by atoms with E-state index in [-0.39, 0.29) is 5.41 Å². The van der Waals surface area contributed by atoms with Crippen LogP contribution in [0.15, 0.2) is 188 Å². The van der Waals surface area contributed by atoms with Crippen molar-refractivity contribution in [2.75, 3.05) is 4.90 Å². The maximum Gasteiger partial charge on any atom is 0.0546 e. The van der Waals surface area contributed by atoms with Crippen LogP contribution in [-0.4, -0.2) is 0 Å². The van der Waals surface area contributed by atoms with Gasteiger partial charge in [0.15, 0.2) is 0 Å². The standard InChI is InChI=1S/C49H37N/c1-49(2)46-23-12-11-22-44(46)45-29-28-42(33-47(45)49)50(48-32-40(35-16-7-4-8-17-35)31-39-18-9-10-21-43(39)48)41-26-24-36(25-27-41)38-20-13-19-37(30-38)34-14-5-3-6-15-34/h3-33H,1-2H3. The molecule has 0 saturated heterocycles. The van der Waals surface area contributed by atoms with E-state index in [1.54, 1.807) is 0 Å². The average Bonchev–Trinajstić information content (AvgIpc) is 3.41. The summed E-state index contributed by atoms with van der Waals surface area (Å²) >= 11 is 0. The number of rotatable bonds is 6. The predicted octanol–water partition coefficient (Wildman–Crippen LogP) is 13.6. The van der Waals surface area contributed by atoms with Crippen LogP contribution in [0.2, 0.25) is 0 Å². The quantitative estimate of drug-likeness (QED) is 0.175. The number of hydrogen-bond donors (Lipinski definition) is 0. The Balaban J connectivity index is 1.22. The molecule has 0 aliphatic heterocycles. The number of fused-ring (bicyclic) bond motifs is 4. The van der Waals surface area contributed by atoms with Gasteiger partial charge in [-0.05, 0) is 103 Å². The largest absolute Gasteiger partial charge is 0.310 e. The molecule has 0 unspecified atom stereocenters. The van der Waals surface area contributed by atoms with Gasteiger partial charge in [0.05, 0.1) is 5.69 Å². The van der Waals surface area contributed by atoms with E-state index in [4.69, 9.17) is 0 Å². The zero-order valence-corrected chi connectivity index (χ0v) is 28.3. The molecule has 1 heteroatoms. The van der Waals surface area contributed by atoms with Crippen LogP contribution in [0.25, 0.3) is 55.3 Å². The Morgan fingerprint density at radius 2 is 0.920 bits per heavy atom. The van der Waals surface area contributed by atoms with Gasteiger partial charge in [0.2, 0.25) is 0 Å². The second-order valence-electron chi connectivity index (χ2n) is 13.8. The third kappa shape index (κ3) is 5.11. The molecule has 1 nitrogen and oxygen atoms in total. The minimum atomic E-state index is -0.102. The molecular formula is C49H37N. The molecule has 0 bridgehead atoms. The van der Waals surface area contributed by atoms with E-state index in [9.17, 15) is 0 Å². The minimum Gasteiger partial charge on any atom is -0.310 e. The molecule has 9 rings (SSSR count). The van der Waals surface area contributed by atoms with Crippen molar-refractivity contribution >= 4 is 27.8 Å². The van der Waals surface area contributed by atoms with E-state index in [0.29, 0.717) is 0 Å². The van der Waals surface area contributed by atoms with Crippen LogP contribution in [0, 0.1) is 0 Å². The molecule has 0 aromatic heterocycles. The Bertz CT molecular complexity index is 2490. The van der Waals surface area contributed by atoms with Crippen molar-refractivity contribution in [2.24, 2.45) is 0 Å². The summed E-state index contributed by atoms with van der Waals surface area (Å²) in [5.41, 5.74) is 16.0. The van der Waals surface area contributed by atoms with Crippen LogP contribution in [0.1, 0.15) is 25.0 Å². The van der Waals surface area contributed by atoms with Gasteiger partial charge in [0.1, 0.15) is 0 Å². The molecule has 50 heavy (non-hydrogen) atoms. The smallest absolute Gasteiger partial charge is 0.0546 e. The highest BCUT2D eigenvalue weighted by atomic mass is 15.1. The van der Waals surface area contributed by atoms with Crippen molar-refractivity contribution in [3.05, 3.63) is 199 Å². The van der Waals surface area contributed by atoms with Crippen molar-refractivity contribution in [1.29, 1.82) is 0 Å². The summed E-state index contributed by atoms with van der Waals surface area (Å²) in [5, 5.41) is 2.44. The van der Waals surface area contributed by atoms with E-state index in [0.717, 1.165) is 17.1 Å². The summed E-state index contributed by atoms with van der Waals surface area (Å²) in [6.07, 6.45) is 0. The van der Waals surface area contributed by atoms with Gasteiger partial charge in [0.25, 0.3) is 0 Å². The second-order valence-corrected chi connectivity index (χ2v) is 13.8. The van der Waals surface area contributed by atoms with E-state index < -0.39 is 0 Å². The summed E-state index contributed by atoms with van der Waals surface area (Å²) in [5.74, 6) is 0. The van der Waals surface area contributed by atoms with Gasteiger partial charge in [-0.3, -0.25) is 0 Å². The van der Waals surface area contributed by atoms with E-state index in [1.165, 1.54) is 66.4 Å². The van der Waals surface area contributed by atoms with Gasteiger partial charge in [-0.2, -0.15) is 0 Å². The molecule has 0 saturated carbocycles. The van der Waals surface area contributed by atoms with Crippen LogP contribution in [0.5, 0.6) is 0 Å². The predicted molar refractivity (Wildman–Crippen MR) is 213 cm³/mol. The molecule has 0 N–H and O–H groups in total. The van der Waals surface area contributed by atoms with Crippen LogP contribution in [0.4, 0.5) is 17.1 Å². The Labute approximate surface area is 294 Å². The Hall–Kier alpha value is -6.18. The summed E-state index contributed by atoms with van der Waals surface area (Å²) in [6.45, 7) is 4.71. The van der Waals surface area contributed by atoms with Gasteiger partial charge in [0, 0.05) is 22.2 Å². The second kappa shape index (κ2) is 12.1. The molecule has 8 aromatic rings. The molecule has 0 amide bonds. The summed E-state index contributed by atoms with van der Waals surface area (Å²) < 4.78 is 0. The summed E-state index contributed by atoms with van der Waals surface area (Å²) in [4.78, 5) is 2.46. The number of benzene rings is 8. The van der Waals surface area contributed by atoms with Crippen LogP contribution in [-0.2, 0) is 5.41 Å². The molecule has 238 valence electrons. The molecule has 0 heterocycles. The lowest BCUT2D eigenvalue weighted by atomic mass is 9.82. The van der Waals surface area contributed by atoms with Crippen LogP contribution in [0.3, 0.4) is 0 Å². The fourth-order valence-electron chi connectivity index (χ4n) is 7.84. The normalized spacial score (nSPS) is 12.8. The van der Waals surface area contributed by atoms with E-state index >= 15 is 0 Å². The van der Waals surface area contributed by atoms with Crippen molar-refractivity contribution < 1.29 is 0 Å². The third-order valence-electron chi connectivity index (χ3n) is 10.4. The molecule has 0 radical (unpaired) electrons. The third-order valence-corrected chi connectivity index (χ3v) is 10.4. The molecule has 0 atom stereocenters. The fourth-order valence-corrected chi connectivity index (χ4v) is 7.84. The van der Waals surface area contributed by atoms with Gasteiger partial charge in [-0.1, -0.05) is 159 Å². The van der Waals surface area contributed by atoms with Crippen molar-refractivity contribution in [3.8, 4) is 44.5 Å². The summed E-state index contributed by atoms with van der Waals surface area (Å²) in [6, 6.07) is 68.6. The fraction of sp³-hybridized carbons (Fsp3) is 0.0612. The van der Waals surface area contributed by atoms with Gasteiger partial charge in [-0.25, -0.2) is 0 Å². The summed E-state index contributed by atoms with van der Waals surface area (Å²) in [7, 11) is 0. The van der Waals surface area contributed by atoms with Crippen molar-refractivity contribution in [2.45, 2.75) is 19.3 Å². The lowest BCUT2D eigenvalue weighted by molar-refractivity contribution is 0.660. The molecule has 0 fully saturated rings. The first-order valence-corrected chi connectivity index (χ1v) is 17.4. The zero-order chi connectivity index (χ0) is 33.7. The maximum absolute atomic E-state index is 2.46. The topological polar surface area (TPSA) is 3.24 Å². The molecule has 1 aliphatic rings. The SMILES string of the molecule is CC1(C)c2ccccc2-c2ccc(N(c3ccc(-c4cccc(-c5ccccc5)c4)cc3)c3cc(-c4ccccc4)cc4ccccc34)cc21. The average molecular weight is 640 g/mol. The number of anilines is 3. The monoisotopic (exact) mass is 639 g/mol. The van der Waals surface area contributed by atoms with Gasteiger partial charge in [-0.15, -0.1) is 0 Å². The van der Waals surface area contributed by atoms with Crippen molar-refractivity contribution in [1.82, 2.24) is 0 Å². The Morgan fingerprint density at radius 1 is 0.360 bits per heavy atom. The first-order chi connectivity index (χ1) is 24.5. The number of nitrogens with zero attached hydrogens (tertiary/aromatic N) is 1. The molecular weight excluding hydrogens is 603 g/mol. The zero-order valence-electron chi connectivity index (χ0n) is 28.3. The first-order valence-electron chi connectivity index (χ1n) is 17.4. The lowest BCUT2D eigenvalue weighted by Gasteiger charge is -2.29. The molecule has 8 aromatic carbocycles. The Kier molecular flexibility index (Phi) is 7.21. The van der Waals surface area contributed by atoms with Crippen LogP contribution < -0.4 is 4.90 Å². The van der Waals surface area contributed by atoms with E-state index in [2.05, 4.69) is 207 Å². The Morgan fingerprint density at radius 3 is 1.66 bits per heavy atom. The highest BCUT2D eigenvalue weighted by molar-refractivity contribution is 6.02. The van der Waals surface area contributed by atoms with Crippen molar-refractivity contribution in [3.63, 3.8) is 0 Å². The highest BCUT2D eigenvalue weighted by Crippen LogP contribution is 2.51.